The summed E-state index contributed by atoms with van der Waals surface area (Å²) in [5.41, 5.74) is 2.87. The lowest BCUT2D eigenvalue weighted by atomic mass is 10.1. The highest BCUT2D eigenvalue weighted by Crippen LogP contribution is 2.13. The standard InChI is InChI=1S/C25H24N4O2/c1-18-28-23-11-6-5-10-22(23)25(31)29(18)21-14-12-19(13-15-21)24(30)27-17-7-16-26-20-8-3-2-4-9-20/h2-6,8-15,26H,7,16-17H2,1H3,(H,27,30). The number of anilines is 1. The van der Waals surface area contributed by atoms with Crippen molar-refractivity contribution in [2.75, 3.05) is 18.4 Å². The average Bonchev–Trinajstić information content (AvgIpc) is 2.80. The Morgan fingerprint density at radius 1 is 0.903 bits per heavy atom. The van der Waals surface area contributed by atoms with Gasteiger partial charge in [-0.05, 0) is 61.9 Å². The minimum absolute atomic E-state index is 0.119. The first kappa shape index (κ1) is 20.3. The van der Waals surface area contributed by atoms with Crippen LogP contribution in [0.1, 0.15) is 22.6 Å². The van der Waals surface area contributed by atoms with E-state index in [1.165, 1.54) is 0 Å². The van der Waals surface area contributed by atoms with E-state index in [2.05, 4.69) is 15.6 Å². The van der Waals surface area contributed by atoms with Gasteiger partial charge in [0.05, 0.1) is 16.6 Å². The lowest BCUT2D eigenvalue weighted by molar-refractivity contribution is 0.0953. The van der Waals surface area contributed by atoms with Crippen molar-refractivity contribution >= 4 is 22.5 Å². The van der Waals surface area contributed by atoms with Gasteiger partial charge in [-0.25, -0.2) is 4.98 Å². The summed E-state index contributed by atoms with van der Waals surface area (Å²) in [4.78, 5) is 29.9. The number of hydrogen-bond donors (Lipinski definition) is 2. The molecule has 4 aromatic rings. The number of benzene rings is 3. The molecule has 156 valence electrons. The Morgan fingerprint density at radius 2 is 1.61 bits per heavy atom. The number of fused-ring (bicyclic) bond motifs is 1. The number of nitrogens with zero attached hydrogens (tertiary/aromatic N) is 2. The van der Waals surface area contributed by atoms with Gasteiger partial charge in [0.1, 0.15) is 5.82 Å². The van der Waals surface area contributed by atoms with Gasteiger partial charge in [-0.1, -0.05) is 30.3 Å². The molecule has 6 nitrogen and oxygen atoms in total. The van der Waals surface area contributed by atoms with Crippen LogP contribution >= 0.6 is 0 Å². The fourth-order valence-electron chi connectivity index (χ4n) is 3.49. The van der Waals surface area contributed by atoms with Crippen LogP contribution in [0, 0.1) is 6.92 Å². The maximum absolute atomic E-state index is 12.9. The van der Waals surface area contributed by atoms with Crippen LogP contribution in [0.4, 0.5) is 5.69 Å². The van der Waals surface area contributed by atoms with Gasteiger partial charge in [-0.2, -0.15) is 0 Å². The van der Waals surface area contributed by atoms with Crippen molar-refractivity contribution in [3.8, 4) is 5.69 Å². The third kappa shape index (κ3) is 4.64. The number of aryl methyl sites for hydroxylation is 1. The molecule has 4 rings (SSSR count). The Bertz CT molecular complexity index is 1250. The zero-order chi connectivity index (χ0) is 21.6. The molecule has 0 spiro atoms. The maximum Gasteiger partial charge on any atom is 0.265 e. The Balaban J connectivity index is 1.38. The molecule has 0 unspecified atom stereocenters. The first-order valence-corrected chi connectivity index (χ1v) is 10.3. The molecule has 0 radical (unpaired) electrons. The average molecular weight is 412 g/mol. The highest BCUT2D eigenvalue weighted by atomic mass is 16.1. The SMILES string of the molecule is Cc1nc2ccccc2c(=O)n1-c1ccc(C(=O)NCCCNc2ccccc2)cc1. The van der Waals surface area contributed by atoms with E-state index in [-0.39, 0.29) is 11.5 Å². The number of para-hydroxylation sites is 2. The highest BCUT2D eigenvalue weighted by Gasteiger charge is 2.11. The van der Waals surface area contributed by atoms with E-state index in [4.69, 9.17) is 0 Å². The van der Waals surface area contributed by atoms with E-state index in [1.807, 2.05) is 48.5 Å². The van der Waals surface area contributed by atoms with E-state index in [1.54, 1.807) is 41.8 Å². The Hall–Kier alpha value is -3.93. The molecule has 0 aliphatic rings. The first-order chi connectivity index (χ1) is 15.1. The molecule has 2 N–H and O–H groups in total. The summed E-state index contributed by atoms with van der Waals surface area (Å²) in [6.45, 7) is 3.16. The second-order valence-corrected chi connectivity index (χ2v) is 7.27. The van der Waals surface area contributed by atoms with E-state index in [0.717, 1.165) is 18.7 Å². The Morgan fingerprint density at radius 3 is 2.39 bits per heavy atom. The minimum Gasteiger partial charge on any atom is -0.385 e. The quantitative estimate of drug-likeness (QED) is 0.451. The molecule has 6 heteroatoms. The molecule has 1 amide bonds. The van der Waals surface area contributed by atoms with Crippen molar-refractivity contribution < 1.29 is 4.79 Å². The molecule has 3 aromatic carbocycles. The summed E-state index contributed by atoms with van der Waals surface area (Å²) < 4.78 is 1.57. The fourth-order valence-corrected chi connectivity index (χ4v) is 3.49. The normalized spacial score (nSPS) is 10.7. The number of nitrogens with one attached hydrogen (secondary N) is 2. The summed E-state index contributed by atoms with van der Waals surface area (Å²) in [5.74, 6) is 0.471. The zero-order valence-corrected chi connectivity index (χ0v) is 17.3. The van der Waals surface area contributed by atoms with Crippen molar-refractivity contribution in [1.82, 2.24) is 14.9 Å². The first-order valence-electron chi connectivity index (χ1n) is 10.3. The van der Waals surface area contributed by atoms with Gasteiger partial charge in [0.15, 0.2) is 0 Å². The summed E-state index contributed by atoms with van der Waals surface area (Å²) >= 11 is 0. The van der Waals surface area contributed by atoms with Crippen LogP contribution in [-0.2, 0) is 0 Å². The molecule has 0 aliphatic carbocycles. The predicted molar refractivity (Wildman–Crippen MR) is 124 cm³/mol. The van der Waals surface area contributed by atoms with Crippen molar-refractivity contribution in [2.45, 2.75) is 13.3 Å². The van der Waals surface area contributed by atoms with Crippen molar-refractivity contribution in [2.24, 2.45) is 0 Å². The van der Waals surface area contributed by atoms with Crippen molar-refractivity contribution in [3.63, 3.8) is 0 Å². The fraction of sp³-hybridized carbons (Fsp3) is 0.160. The number of amides is 1. The molecule has 0 saturated carbocycles. The van der Waals surface area contributed by atoms with Crippen LogP contribution < -0.4 is 16.2 Å². The molecule has 0 bridgehead atoms. The monoisotopic (exact) mass is 412 g/mol. The van der Waals surface area contributed by atoms with Crippen LogP contribution in [0.15, 0.2) is 83.7 Å². The zero-order valence-electron chi connectivity index (χ0n) is 17.3. The van der Waals surface area contributed by atoms with E-state index < -0.39 is 0 Å². The van der Waals surface area contributed by atoms with Crippen molar-refractivity contribution in [3.05, 3.63) is 101 Å². The number of hydrogen-bond acceptors (Lipinski definition) is 4. The summed E-state index contributed by atoms with van der Waals surface area (Å²) in [7, 11) is 0. The molecule has 0 fully saturated rings. The van der Waals surface area contributed by atoms with Gasteiger partial charge in [-0.15, -0.1) is 0 Å². The van der Waals surface area contributed by atoms with Gasteiger partial charge in [-0.3, -0.25) is 14.2 Å². The molecule has 0 aliphatic heterocycles. The maximum atomic E-state index is 12.9. The van der Waals surface area contributed by atoms with Gasteiger partial charge in [0, 0.05) is 24.3 Å². The van der Waals surface area contributed by atoms with E-state index in [9.17, 15) is 9.59 Å². The number of carbonyl (C=O) groups is 1. The smallest absolute Gasteiger partial charge is 0.265 e. The summed E-state index contributed by atoms with van der Waals surface area (Å²) in [6, 6.07) is 24.3. The lowest BCUT2D eigenvalue weighted by Crippen LogP contribution is -2.26. The van der Waals surface area contributed by atoms with Crippen LogP contribution in [-0.4, -0.2) is 28.5 Å². The highest BCUT2D eigenvalue weighted by molar-refractivity contribution is 5.94. The van der Waals surface area contributed by atoms with Gasteiger partial charge in [0.25, 0.3) is 11.5 Å². The number of carbonyl (C=O) groups excluding carboxylic acids is 1. The lowest BCUT2D eigenvalue weighted by Gasteiger charge is -2.12. The third-order valence-corrected chi connectivity index (χ3v) is 5.07. The summed E-state index contributed by atoms with van der Waals surface area (Å²) in [6.07, 6.45) is 0.816. The Kier molecular flexibility index (Phi) is 6.08. The van der Waals surface area contributed by atoms with Crippen LogP contribution in [0.2, 0.25) is 0 Å². The molecular weight excluding hydrogens is 388 g/mol. The number of rotatable bonds is 7. The van der Waals surface area contributed by atoms with Crippen LogP contribution in [0.25, 0.3) is 16.6 Å². The second-order valence-electron chi connectivity index (χ2n) is 7.27. The molecule has 0 atom stereocenters. The number of aromatic nitrogens is 2. The summed E-state index contributed by atoms with van der Waals surface area (Å²) in [5, 5.41) is 6.82. The Labute approximate surface area is 180 Å². The van der Waals surface area contributed by atoms with Crippen molar-refractivity contribution in [1.29, 1.82) is 0 Å². The van der Waals surface area contributed by atoms with E-state index in [0.29, 0.717) is 34.5 Å². The molecule has 1 heterocycles. The predicted octanol–water partition coefficient (Wildman–Crippen LogP) is 3.93. The topological polar surface area (TPSA) is 76.0 Å². The molecule has 31 heavy (non-hydrogen) atoms. The van der Waals surface area contributed by atoms with Crippen LogP contribution in [0.3, 0.4) is 0 Å². The third-order valence-electron chi connectivity index (χ3n) is 5.07. The van der Waals surface area contributed by atoms with Gasteiger partial charge >= 0.3 is 0 Å². The van der Waals surface area contributed by atoms with E-state index >= 15 is 0 Å². The molecule has 0 saturated heterocycles. The minimum atomic E-state index is -0.132. The van der Waals surface area contributed by atoms with Gasteiger partial charge < -0.3 is 10.6 Å². The molecular formula is C25H24N4O2. The van der Waals surface area contributed by atoms with Gasteiger partial charge in [0.2, 0.25) is 0 Å². The van der Waals surface area contributed by atoms with Crippen LogP contribution in [0.5, 0.6) is 0 Å². The second kappa shape index (κ2) is 9.26. The largest absolute Gasteiger partial charge is 0.385 e. The molecule has 1 aromatic heterocycles.